The van der Waals surface area contributed by atoms with Crippen LogP contribution in [0.2, 0.25) is 0 Å². The van der Waals surface area contributed by atoms with Gasteiger partial charge in [-0.2, -0.15) is 0 Å². The Balaban J connectivity index is 2.64. The van der Waals surface area contributed by atoms with Gasteiger partial charge in [0, 0.05) is 4.91 Å². The van der Waals surface area contributed by atoms with Gasteiger partial charge in [-0.05, 0) is 5.53 Å². The first-order valence-electron chi connectivity index (χ1n) is 5.12. The molecule has 18 heavy (non-hydrogen) atoms. The lowest BCUT2D eigenvalue weighted by atomic mass is 9.98. The van der Waals surface area contributed by atoms with Crippen molar-refractivity contribution in [2.24, 2.45) is 5.11 Å². The molecule has 10 nitrogen and oxygen atoms in total. The topological polar surface area (TPSA) is 168 Å². The number of hydrogen-bond acceptors (Lipinski definition) is 7. The summed E-state index contributed by atoms with van der Waals surface area (Å²) in [6.45, 7) is -1.08. The van der Waals surface area contributed by atoms with Gasteiger partial charge in [-0.25, -0.2) is 0 Å². The van der Waals surface area contributed by atoms with Crippen LogP contribution in [0.1, 0.15) is 0 Å². The predicted molar refractivity (Wildman–Crippen MR) is 55.9 cm³/mol. The van der Waals surface area contributed by atoms with Crippen LogP contribution in [0, 0.1) is 0 Å². The average Bonchev–Trinajstić information content (AvgIpc) is 2.37. The fourth-order valence-corrected chi connectivity index (χ4v) is 1.52. The van der Waals surface area contributed by atoms with Gasteiger partial charge in [0.05, 0.1) is 6.61 Å². The van der Waals surface area contributed by atoms with Crippen LogP contribution in [-0.4, -0.2) is 70.1 Å². The van der Waals surface area contributed by atoms with Crippen molar-refractivity contribution in [1.82, 2.24) is 5.32 Å². The largest absolute Gasteiger partial charge is 0.394 e. The second-order valence-corrected chi connectivity index (χ2v) is 3.71. The van der Waals surface area contributed by atoms with Crippen LogP contribution in [0.3, 0.4) is 0 Å². The van der Waals surface area contributed by atoms with E-state index in [4.69, 9.17) is 15.4 Å². The number of rotatable bonds is 4. The van der Waals surface area contributed by atoms with Gasteiger partial charge in [-0.1, -0.05) is 5.11 Å². The first-order valence-corrected chi connectivity index (χ1v) is 5.12. The zero-order chi connectivity index (χ0) is 13.7. The average molecular weight is 262 g/mol. The molecule has 0 spiro atoms. The summed E-state index contributed by atoms with van der Waals surface area (Å²) in [7, 11) is 0. The smallest absolute Gasteiger partial charge is 0.227 e. The zero-order valence-electron chi connectivity index (χ0n) is 9.25. The lowest BCUT2D eigenvalue weighted by Crippen LogP contribution is -2.63. The first kappa shape index (κ1) is 14.6. The van der Waals surface area contributed by atoms with Crippen molar-refractivity contribution < 1.29 is 30.0 Å². The molecule has 0 unspecified atom stereocenters. The minimum Gasteiger partial charge on any atom is -0.394 e. The molecule has 1 amide bonds. The van der Waals surface area contributed by atoms with Crippen molar-refractivity contribution in [3.05, 3.63) is 10.4 Å². The third-order valence-electron chi connectivity index (χ3n) is 2.47. The molecular weight excluding hydrogens is 248 g/mol. The number of ether oxygens (including phenoxy) is 1. The van der Waals surface area contributed by atoms with Crippen LogP contribution in [0.4, 0.5) is 0 Å². The van der Waals surface area contributed by atoms with Crippen molar-refractivity contribution >= 4 is 5.91 Å². The molecule has 1 fully saturated rings. The highest BCUT2D eigenvalue weighted by Gasteiger charge is 2.43. The molecule has 0 radical (unpaired) electrons. The maximum Gasteiger partial charge on any atom is 0.227 e. The molecule has 1 heterocycles. The molecule has 5 N–H and O–H groups in total. The van der Waals surface area contributed by atoms with E-state index in [0.29, 0.717) is 0 Å². The Labute approximate surface area is 101 Å². The molecule has 0 aliphatic carbocycles. The SMILES string of the molecule is [N-]=[N+]=NCC(=O)N[C@@H]1O[C@H](CO)[C@H](O)[C@H](O)[C@H]1O. The lowest BCUT2D eigenvalue weighted by Gasteiger charge is -2.40. The Morgan fingerprint density at radius 3 is 2.56 bits per heavy atom. The molecular formula is C8H14N4O6. The van der Waals surface area contributed by atoms with Gasteiger partial charge in [0.25, 0.3) is 0 Å². The van der Waals surface area contributed by atoms with Gasteiger partial charge in [-0.3, -0.25) is 4.79 Å². The summed E-state index contributed by atoms with van der Waals surface area (Å²) in [4.78, 5) is 13.6. The van der Waals surface area contributed by atoms with E-state index in [0.717, 1.165) is 0 Å². The number of carbonyl (C=O) groups excluding carboxylic acids is 1. The number of carbonyl (C=O) groups is 1. The van der Waals surface area contributed by atoms with Gasteiger partial charge in [0.2, 0.25) is 5.91 Å². The normalized spacial score (nSPS) is 35.7. The Kier molecular flexibility index (Phi) is 5.28. The summed E-state index contributed by atoms with van der Waals surface area (Å²) >= 11 is 0. The van der Waals surface area contributed by atoms with Crippen LogP contribution in [-0.2, 0) is 9.53 Å². The second-order valence-electron chi connectivity index (χ2n) is 3.71. The van der Waals surface area contributed by atoms with Gasteiger partial charge >= 0.3 is 0 Å². The van der Waals surface area contributed by atoms with Crippen molar-refractivity contribution in [2.75, 3.05) is 13.2 Å². The number of aliphatic hydroxyl groups excluding tert-OH is 4. The van der Waals surface area contributed by atoms with Crippen molar-refractivity contribution in [3.8, 4) is 0 Å². The monoisotopic (exact) mass is 262 g/mol. The number of hydrogen-bond donors (Lipinski definition) is 5. The predicted octanol–water partition coefficient (Wildman–Crippen LogP) is -2.79. The van der Waals surface area contributed by atoms with Crippen LogP contribution >= 0.6 is 0 Å². The summed E-state index contributed by atoms with van der Waals surface area (Å²) in [6, 6.07) is 0. The van der Waals surface area contributed by atoms with Gasteiger partial charge < -0.3 is 30.5 Å². The summed E-state index contributed by atoms with van der Waals surface area (Å²) in [5.41, 5.74) is 8.02. The molecule has 1 aliphatic rings. The standard InChI is InChI=1S/C8H14N4O6/c9-12-10-1-4(14)11-8-7(17)6(16)5(15)3(2-13)18-8/h3,5-8,13,15-17H,1-2H2,(H,11,14)/t3-,5+,6+,7-,8-/m1/s1. The summed E-state index contributed by atoms with van der Waals surface area (Å²) in [5, 5.41) is 42.5. The van der Waals surface area contributed by atoms with E-state index in [1.54, 1.807) is 0 Å². The molecule has 10 heteroatoms. The van der Waals surface area contributed by atoms with E-state index in [2.05, 4.69) is 15.3 Å². The Morgan fingerprint density at radius 1 is 1.33 bits per heavy atom. The molecule has 0 aromatic carbocycles. The number of azide groups is 1. The van der Waals surface area contributed by atoms with Gasteiger partial charge in [-0.15, -0.1) is 0 Å². The van der Waals surface area contributed by atoms with Crippen LogP contribution < -0.4 is 5.32 Å². The maximum absolute atomic E-state index is 11.2. The number of nitrogens with one attached hydrogen (secondary N) is 1. The number of aliphatic hydroxyl groups is 4. The zero-order valence-corrected chi connectivity index (χ0v) is 9.25. The first-order chi connectivity index (χ1) is 8.51. The fourth-order valence-electron chi connectivity index (χ4n) is 1.52. The second kappa shape index (κ2) is 6.50. The molecule has 0 bridgehead atoms. The van der Waals surface area contributed by atoms with Crippen molar-refractivity contribution in [3.63, 3.8) is 0 Å². The van der Waals surface area contributed by atoms with Crippen LogP contribution in [0.5, 0.6) is 0 Å². The van der Waals surface area contributed by atoms with E-state index < -0.39 is 49.7 Å². The number of amides is 1. The number of nitrogens with zero attached hydrogens (tertiary/aromatic N) is 3. The third kappa shape index (κ3) is 3.29. The van der Waals surface area contributed by atoms with Gasteiger partial charge in [0.15, 0.2) is 6.23 Å². The van der Waals surface area contributed by atoms with Crippen LogP contribution in [0.15, 0.2) is 5.11 Å². The minimum absolute atomic E-state index is 0.495. The molecule has 102 valence electrons. The quantitative estimate of drug-likeness (QED) is 0.208. The molecule has 1 aliphatic heterocycles. The summed E-state index contributed by atoms with van der Waals surface area (Å²) < 4.78 is 5.00. The van der Waals surface area contributed by atoms with E-state index in [1.807, 2.05) is 0 Å². The van der Waals surface area contributed by atoms with E-state index in [9.17, 15) is 20.1 Å². The maximum atomic E-state index is 11.2. The Bertz CT molecular complexity index is 344. The summed E-state index contributed by atoms with van der Waals surface area (Å²) in [6.07, 6.45) is -7.02. The Morgan fingerprint density at radius 2 is 2.00 bits per heavy atom. The fraction of sp³-hybridized carbons (Fsp3) is 0.875. The molecule has 0 saturated carbocycles. The van der Waals surface area contributed by atoms with E-state index >= 15 is 0 Å². The van der Waals surface area contributed by atoms with Crippen molar-refractivity contribution in [2.45, 2.75) is 30.6 Å². The van der Waals surface area contributed by atoms with Crippen molar-refractivity contribution in [1.29, 1.82) is 0 Å². The van der Waals surface area contributed by atoms with Gasteiger partial charge in [0.1, 0.15) is 31.0 Å². The molecule has 0 aromatic heterocycles. The molecule has 1 saturated heterocycles. The lowest BCUT2D eigenvalue weighted by molar-refractivity contribution is -0.235. The minimum atomic E-state index is -1.57. The highest BCUT2D eigenvalue weighted by Crippen LogP contribution is 2.19. The van der Waals surface area contributed by atoms with Crippen LogP contribution in [0.25, 0.3) is 10.4 Å². The molecule has 1 rings (SSSR count). The summed E-state index contributed by atoms with van der Waals surface area (Å²) in [5.74, 6) is -0.725. The highest BCUT2D eigenvalue weighted by atomic mass is 16.6. The van der Waals surface area contributed by atoms with E-state index in [1.165, 1.54) is 0 Å². The Hall–Kier alpha value is -1.42. The third-order valence-corrected chi connectivity index (χ3v) is 2.47. The molecule has 5 atom stereocenters. The van der Waals surface area contributed by atoms with E-state index in [-0.39, 0.29) is 0 Å². The molecule has 0 aromatic rings. The highest BCUT2D eigenvalue weighted by molar-refractivity contribution is 5.78.